The number of nitrogens with one attached hydrogen (secondary N) is 2. The molecular formula is C22H20N8S. The van der Waals surface area contributed by atoms with Crippen molar-refractivity contribution >= 4 is 23.2 Å². The quantitative estimate of drug-likeness (QED) is 0.295. The maximum atomic E-state index is 4.62. The molecule has 0 aliphatic heterocycles. The summed E-state index contributed by atoms with van der Waals surface area (Å²) in [4.78, 5) is 4.62. The van der Waals surface area contributed by atoms with E-state index in [4.69, 9.17) is 0 Å². The van der Waals surface area contributed by atoms with E-state index in [2.05, 4.69) is 73.3 Å². The second-order valence-electron chi connectivity index (χ2n) is 6.86. The number of anilines is 1. The zero-order valence-corrected chi connectivity index (χ0v) is 17.7. The lowest BCUT2D eigenvalue weighted by Crippen LogP contribution is -2.06. The molecule has 0 bridgehead atoms. The molecule has 2 N–H and O–H groups in total. The van der Waals surface area contributed by atoms with E-state index in [-0.39, 0.29) is 0 Å². The second-order valence-corrected chi connectivity index (χ2v) is 8.14. The highest BCUT2D eigenvalue weighted by Crippen LogP contribution is 2.30. The van der Waals surface area contributed by atoms with Crippen LogP contribution in [0.5, 0.6) is 0 Å². The Balaban J connectivity index is 1.37. The van der Waals surface area contributed by atoms with Crippen molar-refractivity contribution in [2.45, 2.75) is 18.5 Å². The molecular weight excluding hydrogens is 408 g/mol. The predicted molar refractivity (Wildman–Crippen MR) is 122 cm³/mol. The van der Waals surface area contributed by atoms with Gasteiger partial charge in [-0.3, -0.25) is 0 Å². The summed E-state index contributed by atoms with van der Waals surface area (Å²) >= 11 is 1.72. The number of nitrogens with zero attached hydrogens (tertiary/aromatic N) is 6. The Morgan fingerprint density at radius 1 is 1.03 bits per heavy atom. The molecule has 0 amide bonds. The Kier molecular flexibility index (Phi) is 5.32. The van der Waals surface area contributed by atoms with Crippen LogP contribution in [0.15, 0.2) is 71.9 Å². The fraction of sp³-hybridized carbons (Fsp3) is 0.136. The zero-order chi connectivity index (χ0) is 21.0. The van der Waals surface area contributed by atoms with Gasteiger partial charge < -0.3 is 5.32 Å². The first-order valence-electron chi connectivity index (χ1n) is 9.95. The second kappa shape index (κ2) is 8.57. The molecule has 0 radical (unpaired) electrons. The van der Waals surface area contributed by atoms with Crippen molar-refractivity contribution in [3.05, 3.63) is 72.4 Å². The van der Waals surface area contributed by atoms with Crippen LogP contribution in [0.2, 0.25) is 0 Å². The van der Waals surface area contributed by atoms with Gasteiger partial charge in [0.15, 0.2) is 11.5 Å². The maximum absolute atomic E-state index is 4.62. The van der Waals surface area contributed by atoms with Crippen LogP contribution >= 0.6 is 11.8 Å². The molecule has 0 aliphatic carbocycles. The molecule has 8 nitrogen and oxygen atoms in total. The molecule has 0 fully saturated rings. The van der Waals surface area contributed by atoms with E-state index in [1.807, 2.05) is 34.8 Å². The molecule has 31 heavy (non-hydrogen) atoms. The van der Waals surface area contributed by atoms with Crippen LogP contribution in [0, 0.1) is 0 Å². The number of rotatable bonds is 7. The highest BCUT2D eigenvalue weighted by atomic mass is 32.2. The monoisotopic (exact) mass is 428 g/mol. The number of fused-ring (bicyclic) bond motifs is 1. The maximum Gasteiger partial charge on any atom is 0.180 e. The average molecular weight is 429 g/mol. The Morgan fingerprint density at radius 2 is 1.87 bits per heavy atom. The van der Waals surface area contributed by atoms with Crippen LogP contribution in [-0.4, -0.2) is 41.0 Å². The first kappa shape index (κ1) is 19.3. The molecule has 9 heteroatoms. The van der Waals surface area contributed by atoms with Crippen LogP contribution < -0.4 is 5.32 Å². The molecule has 0 spiro atoms. The number of aromatic amines is 1. The van der Waals surface area contributed by atoms with Gasteiger partial charge in [0, 0.05) is 24.2 Å². The van der Waals surface area contributed by atoms with Crippen molar-refractivity contribution in [1.82, 2.24) is 35.2 Å². The number of benzene rings is 2. The predicted octanol–water partition coefficient (Wildman–Crippen LogP) is 4.30. The number of aromatic nitrogens is 7. The van der Waals surface area contributed by atoms with E-state index >= 15 is 0 Å². The van der Waals surface area contributed by atoms with Crippen molar-refractivity contribution in [3.8, 4) is 22.5 Å². The van der Waals surface area contributed by atoms with Gasteiger partial charge in [-0.2, -0.15) is 9.61 Å². The smallest absolute Gasteiger partial charge is 0.180 e. The topological polar surface area (TPSA) is 96.7 Å². The van der Waals surface area contributed by atoms with Gasteiger partial charge in [-0.25, -0.2) is 10.1 Å². The molecule has 0 atom stereocenters. The van der Waals surface area contributed by atoms with Crippen molar-refractivity contribution < 1.29 is 0 Å². The van der Waals surface area contributed by atoms with Crippen LogP contribution in [0.4, 0.5) is 5.82 Å². The third-order valence-electron chi connectivity index (χ3n) is 4.89. The SMILES string of the molecule is CCSc1cc(NCc2ccc(-c3ccccc3-c3nnn[nH]3)cc2)n2nccc2n1. The molecule has 2 aromatic carbocycles. The summed E-state index contributed by atoms with van der Waals surface area (Å²) in [6.07, 6.45) is 1.77. The van der Waals surface area contributed by atoms with Gasteiger partial charge in [-0.1, -0.05) is 55.5 Å². The average Bonchev–Trinajstić information content (AvgIpc) is 3.50. The fourth-order valence-electron chi connectivity index (χ4n) is 3.45. The standard InChI is InChI=1S/C22H20N8S/c1-2-31-21-13-20(30-19(25-21)11-12-24-30)23-14-15-7-9-16(10-8-15)17-5-3-4-6-18(17)22-26-28-29-27-22/h3-13,23H,2,14H2,1H3,(H,26,27,28,29). The van der Waals surface area contributed by atoms with Gasteiger partial charge >= 0.3 is 0 Å². The van der Waals surface area contributed by atoms with E-state index in [1.54, 1.807) is 18.0 Å². The van der Waals surface area contributed by atoms with Crippen molar-refractivity contribution in [2.75, 3.05) is 11.1 Å². The van der Waals surface area contributed by atoms with E-state index < -0.39 is 0 Å². The summed E-state index contributed by atoms with van der Waals surface area (Å²) in [6, 6.07) is 20.5. The Hall–Kier alpha value is -3.72. The van der Waals surface area contributed by atoms with E-state index in [0.717, 1.165) is 38.9 Å². The van der Waals surface area contributed by atoms with Crippen molar-refractivity contribution in [2.24, 2.45) is 0 Å². The molecule has 5 rings (SSSR count). The van der Waals surface area contributed by atoms with E-state index in [0.29, 0.717) is 12.4 Å². The first-order chi connectivity index (χ1) is 15.3. The molecule has 0 saturated carbocycles. The third-order valence-corrected chi connectivity index (χ3v) is 5.69. The molecule has 0 unspecified atom stereocenters. The first-order valence-corrected chi connectivity index (χ1v) is 10.9. The molecule has 0 saturated heterocycles. The van der Waals surface area contributed by atoms with Gasteiger partial charge in [0.1, 0.15) is 10.8 Å². The van der Waals surface area contributed by atoms with Crippen LogP contribution in [0.1, 0.15) is 12.5 Å². The highest BCUT2D eigenvalue weighted by molar-refractivity contribution is 7.99. The lowest BCUT2D eigenvalue weighted by atomic mass is 9.98. The van der Waals surface area contributed by atoms with Gasteiger partial charge in [0.25, 0.3) is 0 Å². The molecule has 3 aromatic heterocycles. The van der Waals surface area contributed by atoms with Crippen molar-refractivity contribution in [1.29, 1.82) is 0 Å². The summed E-state index contributed by atoms with van der Waals surface area (Å²) in [7, 11) is 0. The Morgan fingerprint density at radius 3 is 2.65 bits per heavy atom. The fourth-order valence-corrected chi connectivity index (χ4v) is 4.10. The molecule has 154 valence electrons. The lowest BCUT2D eigenvalue weighted by Gasteiger charge is -2.11. The molecule has 0 aliphatic rings. The van der Waals surface area contributed by atoms with Gasteiger partial charge in [-0.05, 0) is 32.9 Å². The van der Waals surface area contributed by atoms with E-state index in [9.17, 15) is 0 Å². The normalized spacial score (nSPS) is 11.1. The third kappa shape index (κ3) is 3.99. The minimum absolute atomic E-state index is 0.656. The number of tetrazole rings is 1. The zero-order valence-electron chi connectivity index (χ0n) is 16.9. The van der Waals surface area contributed by atoms with Crippen molar-refractivity contribution in [3.63, 3.8) is 0 Å². The van der Waals surface area contributed by atoms with Crippen LogP contribution in [0.25, 0.3) is 28.2 Å². The molecule has 5 aromatic rings. The summed E-state index contributed by atoms with van der Waals surface area (Å²) in [5, 5.41) is 23.2. The van der Waals surface area contributed by atoms with E-state index in [1.165, 1.54) is 5.56 Å². The minimum Gasteiger partial charge on any atom is -0.366 e. The largest absolute Gasteiger partial charge is 0.366 e. The van der Waals surface area contributed by atoms with Gasteiger partial charge in [0.2, 0.25) is 0 Å². The summed E-state index contributed by atoms with van der Waals surface area (Å²) < 4.78 is 1.83. The summed E-state index contributed by atoms with van der Waals surface area (Å²) in [5.74, 6) is 2.56. The lowest BCUT2D eigenvalue weighted by molar-refractivity contribution is 0.881. The number of hydrogen-bond donors (Lipinski definition) is 2. The Bertz CT molecular complexity index is 1300. The van der Waals surface area contributed by atoms with Crippen LogP contribution in [-0.2, 0) is 6.54 Å². The van der Waals surface area contributed by atoms with Gasteiger partial charge in [0.05, 0.1) is 6.20 Å². The summed E-state index contributed by atoms with van der Waals surface area (Å²) in [5.41, 5.74) is 5.17. The molecule has 3 heterocycles. The Labute approximate surface area is 183 Å². The number of hydrogen-bond acceptors (Lipinski definition) is 7. The number of H-pyrrole nitrogens is 1. The highest BCUT2D eigenvalue weighted by Gasteiger charge is 2.10. The van der Waals surface area contributed by atoms with Crippen LogP contribution in [0.3, 0.4) is 0 Å². The minimum atomic E-state index is 0.656. The van der Waals surface area contributed by atoms with Gasteiger partial charge in [-0.15, -0.1) is 16.9 Å². The summed E-state index contributed by atoms with van der Waals surface area (Å²) in [6.45, 7) is 2.81. The number of thioether (sulfide) groups is 1.